The monoisotopic (exact) mass is 705 g/mol. The molecule has 0 fully saturated rings. The fraction of sp³-hybridized carbons (Fsp3) is 0.243. The topological polar surface area (TPSA) is 166 Å². The number of ether oxygens (including phenoxy) is 1. The van der Waals surface area contributed by atoms with Crippen LogP contribution in [0.25, 0.3) is 22.9 Å². The number of nitrogens with one attached hydrogen (secondary N) is 3. The number of benzene rings is 2. The van der Waals surface area contributed by atoms with Gasteiger partial charge in [-0.2, -0.15) is 4.68 Å². The predicted molar refractivity (Wildman–Crippen MR) is 191 cm³/mol. The number of carbonyl (C=O) groups is 3. The number of esters is 1. The van der Waals surface area contributed by atoms with E-state index in [1.807, 2.05) is 42.5 Å². The van der Waals surface area contributed by atoms with Gasteiger partial charge in [0.1, 0.15) is 12.4 Å². The summed E-state index contributed by atoms with van der Waals surface area (Å²) >= 11 is 6.27. The molecular formula is C37H36ClN9O4. The number of nitrogens with zero attached hydrogens (tertiary/aromatic N) is 6. The number of amides is 2. The van der Waals surface area contributed by atoms with Crippen molar-refractivity contribution >= 4 is 41.1 Å². The fourth-order valence-corrected chi connectivity index (χ4v) is 6.09. The molecule has 3 aromatic heterocycles. The largest absolute Gasteiger partial charge is 0.469 e. The molecule has 14 heteroatoms. The Labute approximate surface area is 299 Å². The Morgan fingerprint density at radius 1 is 1.06 bits per heavy atom. The van der Waals surface area contributed by atoms with E-state index in [2.05, 4.69) is 41.4 Å². The van der Waals surface area contributed by atoms with Gasteiger partial charge in [-0.1, -0.05) is 42.6 Å². The molecule has 51 heavy (non-hydrogen) atoms. The Morgan fingerprint density at radius 2 is 1.94 bits per heavy atom. The van der Waals surface area contributed by atoms with Crippen LogP contribution < -0.4 is 16.0 Å². The third-order valence-electron chi connectivity index (χ3n) is 8.50. The first-order valence-corrected chi connectivity index (χ1v) is 16.8. The standard InChI is InChI=1S/C37H36ClN9O4/c1-51-36(49)17-24-9-12-30-26-18-27(21-39-20-26)31(44-35(48)14-10-25-19-28(38)11-13-34(25)47-23-42-45-46-47)7-2-3-8-32(43-33(30)16-24)37(50)41-22-29-6-4-5-15-40-29/h4-6,9-16,18-21,23,31-32,43H,2-3,7-8,17,22H2,1H3,(H,41,50)(H,44,48)/b14-10+/t31-,32+/m0/s1. The van der Waals surface area contributed by atoms with Crippen molar-refractivity contribution in [3.05, 3.63) is 119 Å². The van der Waals surface area contributed by atoms with Gasteiger partial charge in [0, 0.05) is 52.1 Å². The molecule has 13 nitrogen and oxygen atoms in total. The second-order valence-electron chi connectivity index (χ2n) is 12.0. The van der Waals surface area contributed by atoms with Crippen LogP contribution in [-0.4, -0.2) is 61.1 Å². The fourth-order valence-electron chi connectivity index (χ4n) is 5.91. The molecule has 2 atom stereocenters. The molecule has 0 saturated carbocycles. The number of hydrogen-bond acceptors (Lipinski definition) is 10. The minimum absolute atomic E-state index is 0.0777. The van der Waals surface area contributed by atoms with Crippen LogP contribution in [0.3, 0.4) is 0 Å². The van der Waals surface area contributed by atoms with Crippen molar-refractivity contribution in [1.82, 2.24) is 40.8 Å². The van der Waals surface area contributed by atoms with Crippen molar-refractivity contribution in [3.63, 3.8) is 0 Å². The van der Waals surface area contributed by atoms with Gasteiger partial charge in [0.05, 0.1) is 37.5 Å². The third-order valence-corrected chi connectivity index (χ3v) is 8.74. The van der Waals surface area contributed by atoms with Crippen LogP contribution in [-0.2, 0) is 32.1 Å². The summed E-state index contributed by atoms with van der Waals surface area (Å²) in [5, 5.41) is 21.5. The number of carbonyl (C=O) groups excluding carboxylic acids is 3. The third kappa shape index (κ3) is 9.19. The molecule has 6 rings (SSSR count). The second kappa shape index (κ2) is 16.6. The van der Waals surface area contributed by atoms with E-state index in [4.69, 9.17) is 16.3 Å². The zero-order chi connectivity index (χ0) is 35.6. The van der Waals surface area contributed by atoms with Crippen LogP contribution in [0.1, 0.15) is 54.1 Å². The molecule has 1 aliphatic heterocycles. The van der Waals surface area contributed by atoms with Gasteiger partial charge in [-0.05, 0) is 82.9 Å². The minimum Gasteiger partial charge on any atom is -0.469 e. The average molecular weight is 706 g/mol. The quantitative estimate of drug-likeness (QED) is 0.140. The Kier molecular flexibility index (Phi) is 11.4. The Morgan fingerprint density at radius 3 is 2.75 bits per heavy atom. The van der Waals surface area contributed by atoms with Crippen LogP contribution in [0.15, 0.2) is 91.7 Å². The van der Waals surface area contributed by atoms with Crippen molar-refractivity contribution < 1.29 is 19.1 Å². The highest BCUT2D eigenvalue weighted by Gasteiger charge is 2.23. The van der Waals surface area contributed by atoms with Gasteiger partial charge in [-0.15, -0.1) is 5.10 Å². The van der Waals surface area contributed by atoms with Crippen LogP contribution in [0.5, 0.6) is 0 Å². The van der Waals surface area contributed by atoms with E-state index < -0.39 is 6.04 Å². The van der Waals surface area contributed by atoms with E-state index in [0.717, 1.165) is 34.4 Å². The number of aromatic nitrogens is 6. The Balaban J connectivity index is 1.27. The minimum atomic E-state index is -0.584. The van der Waals surface area contributed by atoms with Crippen LogP contribution in [0.4, 0.5) is 5.69 Å². The van der Waals surface area contributed by atoms with Crippen LogP contribution in [0, 0.1) is 0 Å². The maximum absolute atomic E-state index is 13.6. The molecule has 4 heterocycles. The van der Waals surface area contributed by atoms with E-state index in [1.165, 1.54) is 24.2 Å². The van der Waals surface area contributed by atoms with Crippen LogP contribution in [0.2, 0.25) is 5.02 Å². The summed E-state index contributed by atoms with van der Waals surface area (Å²) in [5.41, 5.74) is 5.90. The number of anilines is 1. The van der Waals surface area contributed by atoms with Crippen molar-refractivity contribution in [2.24, 2.45) is 0 Å². The lowest BCUT2D eigenvalue weighted by Gasteiger charge is -2.25. The van der Waals surface area contributed by atoms with E-state index in [-0.39, 0.29) is 36.8 Å². The number of pyridine rings is 2. The Bertz CT molecular complexity index is 2020. The van der Waals surface area contributed by atoms with Crippen molar-refractivity contribution in [2.45, 2.75) is 50.7 Å². The first kappa shape index (κ1) is 34.9. The summed E-state index contributed by atoms with van der Waals surface area (Å²) in [7, 11) is 1.35. The predicted octanol–water partition coefficient (Wildman–Crippen LogP) is 5.03. The number of methoxy groups -OCH3 is 1. The van der Waals surface area contributed by atoms with Crippen LogP contribution >= 0.6 is 11.6 Å². The molecule has 5 aromatic rings. The highest BCUT2D eigenvalue weighted by atomic mass is 35.5. The van der Waals surface area contributed by atoms with Gasteiger partial charge in [0.15, 0.2) is 0 Å². The van der Waals surface area contributed by atoms with Gasteiger partial charge in [-0.25, -0.2) is 0 Å². The SMILES string of the molecule is COC(=O)Cc1ccc2c(c1)N[C@@H](C(=O)NCc1ccccn1)CCCC[C@H](NC(=O)/C=C/c1cc(Cl)ccc1-n1cnnn1)c1cncc-2c1. The number of tetrazole rings is 1. The molecule has 2 bridgehead atoms. The summed E-state index contributed by atoms with van der Waals surface area (Å²) in [6.07, 6.45) is 12.4. The summed E-state index contributed by atoms with van der Waals surface area (Å²) in [6, 6.07) is 17.5. The van der Waals surface area contributed by atoms with Gasteiger partial charge in [0.25, 0.3) is 0 Å². The molecule has 2 aromatic carbocycles. The number of rotatable bonds is 9. The number of hydrogen-bond donors (Lipinski definition) is 3. The molecule has 0 spiro atoms. The van der Waals surface area contributed by atoms with Crippen molar-refractivity contribution in [1.29, 1.82) is 0 Å². The molecular weight excluding hydrogens is 670 g/mol. The lowest BCUT2D eigenvalue weighted by Crippen LogP contribution is -2.39. The van der Waals surface area contributed by atoms with E-state index >= 15 is 0 Å². The molecule has 0 saturated heterocycles. The molecule has 2 amide bonds. The first-order valence-electron chi connectivity index (χ1n) is 16.5. The highest BCUT2D eigenvalue weighted by molar-refractivity contribution is 6.30. The Hall–Kier alpha value is -5.95. The summed E-state index contributed by atoms with van der Waals surface area (Å²) in [5.74, 6) is -0.849. The second-order valence-corrected chi connectivity index (χ2v) is 12.4. The van der Waals surface area contributed by atoms with Crippen molar-refractivity contribution in [2.75, 3.05) is 12.4 Å². The van der Waals surface area contributed by atoms with Gasteiger partial charge in [0.2, 0.25) is 11.8 Å². The molecule has 3 N–H and O–H groups in total. The first-order chi connectivity index (χ1) is 24.9. The molecule has 0 unspecified atom stereocenters. The van der Waals surface area contributed by atoms with E-state index in [0.29, 0.717) is 41.2 Å². The lowest BCUT2D eigenvalue weighted by molar-refractivity contribution is -0.139. The van der Waals surface area contributed by atoms with Crippen molar-refractivity contribution in [3.8, 4) is 16.8 Å². The smallest absolute Gasteiger partial charge is 0.309 e. The summed E-state index contributed by atoms with van der Waals surface area (Å²) in [6.45, 7) is 0.285. The molecule has 1 aliphatic rings. The normalized spacial score (nSPS) is 15.8. The number of halogens is 1. The highest BCUT2D eigenvalue weighted by Crippen LogP contribution is 2.33. The summed E-state index contributed by atoms with van der Waals surface area (Å²) in [4.78, 5) is 48.1. The van der Waals surface area contributed by atoms with E-state index in [9.17, 15) is 14.4 Å². The van der Waals surface area contributed by atoms with E-state index in [1.54, 1.807) is 42.9 Å². The zero-order valence-corrected chi connectivity index (χ0v) is 28.6. The zero-order valence-electron chi connectivity index (χ0n) is 27.8. The maximum Gasteiger partial charge on any atom is 0.309 e. The number of fused-ring (bicyclic) bond motifs is 4. The van der Waals surface area contributed by atoms with Gasteiger partial charge in [-0.3, -0.25) is 24.4 Å². The average Bonchev–Trinajstić information content (AvgIpc) is 3.69. The van der Waals surface area contributed by atoms with Gasteiger partial charge >= 0.3 is 5.97 Å². The molecule has 0 radical (unpaired) electrons. The van der Waals surface area contributed by atoms with Gasteiger partial charge < -0.3 is 20.7 Å². The summed E-state index contributed by atoms with van der Waals surface area (Å²) < 4.78 is 6.39. The maximum atomic E-state index is 13.6. The molecule has 0 aliphatic carbocycles. The molecule has 260 valence electrons. The lowest BCUT2D eigenvalue weighted by atomic mass is 9.94.